The van der Waals surface area contributed by atoms with E-state index in [1.807, 2.05) is 30.5 Å². The molecule has 0 aliphatic heterocycles. The molecule has 7 heteroatoms. The van der Waals surface area contributed by atoms with Crippen molar-refractivity contribution in [1.29, 1.82) is 0 Å². The quantitative estimate of drug-likeness (QED) is 0.545. The van der Waals surface area contributed by atoms with E-state index in [2.05, 4.69) is 50.5 Å². The predicted molar refractivity (Wildman–Crippen MR) is 97.6 cm³/mol. The van der Waals surface area contributed by atoms with Crippen molar-refractivity contribution in [2.24, 2.45) is 0 Å². The number of fused-ring (bicyclic) bond motifs is 2. The molecule has 126 valence electrons. The third kappa shape index (κ3) is 2.33. The van der Waals surface area contributed by atoms with Crippen LogP contribution in [0.2, 0.25) is 0 Å². The predicted octanol–water partition coefficient (Wildman–Crippen LogP) is 3.21. The number of nitrogens with one attached hydrogen (secondary N) is 1. The molecule has 0 spiro atoms. The molecule has 0 radical (unpaired) electrons. The van der Waals surface area contributed by atoms with Gasteiger partial charge in [-0.3, -0.25) is 10.1 Å². The first-order chi connectivity index (χ1) is 12.8. The van der Waals surface area contributed by atoms with Crippen LogP contribution in [-0.2, 0) is 0 Å². The van der Waals surface area contributed by atoms with Crippen molar-refractivity contribution in [2.45, 2.75) is 12.8 Å². The van der Waals surface area contributed by atoms with Crippen LogP contribution in [0.3, 0.4) is 0 Å². The number of aromatic amines is 1. The lowest BCUT2D eigenvalue weighted by atomic mass is 9.98. The highest BCUT2D eigenvalue weighted by molar-refractivity contribution is 5.79. The zero-order chi connectivity index (χ0) is 17.5. The number of pyridine rings is 1. The Kier molecular flexibility index (Phi) is 3.24. The lowest BCUT2D eigenvalue weighted by Gasteiger charge is -2.11. The Morgan fingerprint density at radius 1 is 1.08 bits per heavy atom. The number of hydrogen-bond donors (Lipinski definition) is 1. The molecule has 5 aromatic rings. The molecule has 0 saturated carbocycles. The molecule has 0 aliphatic carbocycles. The van der Waals surface area contributed by atoms with Crippen molar-refractivity contribution in [3.63, 3.8) is 0 Å². The highest BCUT2D eigenvalue weighted by Crippen LogP contribution is 2.26. The summed E-state index contributed by atoms with van der Waals surface area (Å²) < 4.78 is 1.81. The van der Waals surface area contributed by atoms with Gasteiger partial charge in [-0.05, 0) is 35.9 Å². The van der Waals surface area contributed by atoms with Gasteiger partial charge in [-0.25, -0.2) is 0 Å². The number of H-pyrrole nitrogens is 1. The first-order valence-electron chi connectivity index (χ1n) is 8.36. The average Bonchev–Trinajstić information content (AvgIpc) is 3.36. The van der Waals surface area contributed by atoms with Gasteiger partial charge in [0.1, 0.15) is 0 Å². The zero-order valence-corrected chi connectivity index (χ0v) is 14.0. The van der Waals surface area contributed by atoms with Crippen LogP contribution in [-0.4, -0.2) is 35.0 Å². The second-order valence-electron chi connectivity index (χ2n) is 6.21. The van der Waals surface area contributed by atoms with Crippen LogP contribution in [0.25, 0.3) is 27.8 Å². The van der Waals surface area contributed by atoms with Crippen LogP contribution < -0.4 is 0 Å². The fourth-order valence-electron chi connectivity index (χ4n) is 3.13. The summed E-state index contributed by atoms with van der Waals surface area (Å²) in [5.41, 5.74) is 4.60. The van der Waals surface area contributed by atoms with Gasteiger partial charge in [-0.2, -0.15) is 14.7 Å². The molecule has 1 atom stereocenters. The van der Waals surface area contributed by atoms with Gasteiger partial charge in [0.15, 0.2) is 11.5 Å². The van der Waals surface area contributed by atoms with Gasteiger partial charge >= 0.3 is 0 Å². The summed E-state index contributed by atoms with van der Waals surface area (Å²) in [5.74, 6) is 0.843. The largest absolute Gasteiger partial charge is 0.285 e. The summed E-state index contributed by atoms with van der Waals surface area (Å²) in [6, 6.07) is 14.1. The van der Waals surface area contributed by atoms with Crippen LogP contribution in [0.15, 0.2) is 61.1 Å². The maximum absolute atomic E-state index is 4.71. The molecule has 0 aliphatic rings. The molecule has 5 rings (SSSR count). The van der Waals surface area contributed by atoms with Gasteiger partial charge in [-0.1, -0.05) is 19.1 Å². The number of aromatic nitrogens is 7. The minimum Gasteiger partial charge on any atom is -0.285 e. The topological polar surface area (TPSA) is 84.6 Å². The van der Waals surface area contributed by atoms with Crippen LogP contribution in [0, 0.1) is 0 Å². The molecule has 26 heavy (non-hydrogen) atoms. The number of benzene rings is 1. The smallest absolute Gasteiger partial charge is 0.177 e. The molecule has 4 aromatic heterocycles. The second kappa shape index (κ2) is 5.73. The summed E-state index contributed by atoms with van der Waals surface area (Å²) in [4.78, 5) is 4.38. The number of hydrogen-bond acceptors (Lipinski definition) is 5. The van der Waals surface area contributed by atoms with E-state index < -0.39 is 0 Å². The number of rotatable bonds is 3. The summed E-state index contributed by atoms with van der Waals surface area (Å²) in [6.45, 7) is 2.11. The third-order valence-electron chi connectivity index (χ3n) is 4.60. The van der Waals surface area contributed by atoms with Crippen LogP contribution in [0.4, 0.5) is 0 Å². The van der Waals surface area contributed by atoms with Gasteiger partial charge in [0.2, 0.25) is 0 Å². The fraction of sp³-hybridized carbons (Fsp3) is 0.105. The van der Waals surface area contributed by atoms with Crippen molar-refractivity contribution < 1.29 is 0 Å². The van der Waals surface area contributed by atoms with Crippen LogP contribution >= 0.6 is 0 Å². The molecular weight excluding hydrogens is 326 g/mol. The van der Waals surface area contributed by atoms with Gasteiger partial charge in [0.05, 0.1) is 17.4 Å². The maximum atomic E-state index is 4.71. The van der Waals surface area contributed by atoms with Crippen molar-refractivity contribution in [2.75, 3.05) is 0 Å². The Labute approximate surface area is 148 Å². The van der Waals surface area contributed by atoms with E-state index in [0.29, 0.717) is 0 Å². The van der Waals surface area contributed by atoms with E-state index in [0.717, 1.165) is 39.2 Å². The van der Waals surface area contributed by atoms with E-state index in [1.54, 1.807) is 16.9 Å². The fourth-order valence-corrected chi connectivity index (χ4v) is 3.13. The SMILES string of the molecule is CC(c1ccc2ncccc2c1)c1nnc2ccc(-c3cn[nH]c3)nn12. The van der Waals surface area contributed by atoms with Gasteiger partial charge in [0.25, 0.3) is 0 Å². The third-order valence-corrected chi connectivity index (χ3v) is 4.60. The van der Waals surface area contributed by atoms with E-state index in [1.165, 1.54) is 0 Å². The minimum absolute atomic E-state index is 0.0432. The lowest BCUT2D eigenvalue weighted by molar-refractivity contribution is 0.753. The van der Waals surface area contributed by atoms with Gasteiger partial charge in [0, 0.05) is 29.3 Å². The highest BCUT2D eigenvalue weighted by Gasteiger charge is 2.17. The van der Waals surface area contributed by atoms with E-state index in [9.17, 15) is 0 Å². The molecule has 1 unspecified atom stereocenters. The first-order valence-corrected chi connectivity index (χ1v) is 8.36. The van der Waals surface area contributed by atoms with E-state index in [4.69, 9.17) is 5.10 Å². The minimum atomic E-state index is 0.0432. The molecule has 0 amide bonds. The molecule has 0 saturated heterocycles. The molecule has 0 bridgehead atoms. The summed E-state index contributed by atoms with van der Waals surface area (Å²) >= 11 is 0. The van der Waals surface area contributed by atoms with Crippen molar-refractivity contribution in [3.05, 3.63) is 72.4 Å². The Bertz CT molecular complexity index is 1210. The second-order valence-corrected chi connectivity index (χ2v) is 6.21. The maximum Gasteiger partial charge on any atom is 0.177 e. The first kappa shape index (κ1) is 14.7. The Morgan fingerprint density at radius 2 is 2.04 bits per heavy atom. The summed E-state index contributed by atoms with van der Waals surface area (Å²) in [7, 11) is 0. The van der Waals surface area contributed by atoms with Crippen molar-refractivity contribution in [1.82, 2.24) is 35.0 Å². The van der Waals surface area contributed by atoms with Crippen molar-refractivity contribution >= 4 is 16.6 Å². The molecule has 1 N–H and O–H groups in total. The van der Waals surface area contributed by atoms with Crippen LogP contribution in [0.5, 0.6) is 0 Å². The van der Waals surface area contributed by atoms with Gasteiger partial charge in [-0.15, -0.1) is 10.2 Å². The lowest BCUT2D eigenvalue weighted by Crippen LogP contribution is -2.05. The van der Waals surface area contributed by atoms with E-state index >= 15 is 0 Å². The van der Waals surface area contributed by atoms with Crippen molar-refractivity contribution in [3.8, 4) is 11.3 Å². The Hall–Kier alpha value is -3.61. The zero-order valence-electron chi connectivity index (χ0n) is 14.0. The summed E-state index contributed by atoms with van der Waals surface area (Å²) in [6.07, 6.45) is 5.37. The average molecular weight is 341 g/mol. The van der Waals surface area contributed by atoms with Crippen LogP contribution in [0.1, 0.15) is 24.2 Å². The molecule has 4 heterocycles. The molecular formula is C19H15N7. The number of nitrogens with zero attached hydrogens (tertiary/aromatic N) is 6. The van der Waals surface area contributed by atoms with Gasteiger partial charge < -0.3 is 0 Å². The molecule has 0 fully saturated rings. The standard InChI is InChI=1S/C19H15N7/c1-12(13-4-5-16-14(9-13)3-2-8-20-16)19-24-23-18-7-6-17(25-26(18)19)15-10-21-22-11-15/h2-12H,1H3,(H,21,22). The summed E-state index contributed by atoms with van der Waals surface area (Å²) in [5, 5.41) is 21.3. The highest BCUT2D eigenvalue weighted by atomic mass is 15.4. The monoisotopic (exact) mass is 341 g/mol. The Balaban J connectivity index is 1.61. The molecule has 1 aromatic carbocycles. The normalized spacial score (nSPS) is 12.7. The van der Waals surface area contributed by atoms with E-state index in [-0.39, 0.29) is 5.92 Å². The molecule has 7 nitrogen and oxygen atoms in total. The Morgan fingerprint density at radius 3 is 2.92 bits per heavy atom.